The maximum Gasteiger partial charge on any atom is 0.151 e. The lowest BCUT2D eigenvalue weighted by Crippen LogP contribution is -2.33. The number of nitrogens with one attached hydrogen (secondary N) is 2. The maximum absolute atomic E-state index is 11.3. The van der Waals surface area contributed by atoms with E-state index < -0.39 is 9.84 Å². The Bertz CT molecular complexity index is 372. The van der Waals surface area contributed by atoms with E-state index in [-0.39, 0.29) is 17.5 Å². The molecule has 0 aromatic carbocycles. The van der Waals surface area contributed by atoms with Crippen molar-refractivity contribution in [1.82, 2.24) is 15.5 Å². The van der Waals surface area contributed by atoms with Gasteiger partial charge < -0.3 is 5.32 Å². The zero-order valence-corrected chi connectivity index (χ0v) is 9.84. The predicted octanol–water partition coefficient (Wildman–Crippen LogP) is 0.322. The number of H-pyrrole nitrogens is 1. The average Bonchev–Trinajstić information content (AvgIpc) is 2.66. The summed E-state index contributed by atoms with van der Waals surface area (Å²) in [6.45, 7) is 4.17. The van der Waals surface area contributed by atoms with Crippen molar-refractivity contribution < 1.29 is 8.42 Å². The summed E-state index contributed by atoms with van der Waals surface area (Å²) in [5.41, 5.74) is 1.02. The Morgan fingerprint density at radius 3 is 2.87 bits per heavy atom. The molecule has 0 aliphatic rings. The minimum absolute atomic E-state index is 0.0372. The van der Waals surface area contributed by atoms with E-state index in [1.807, 2.05) is 6.92 Å². The summed E-state index contributed by atoms with van der Waals surface area (Å²) in [5, 5.41) is 9.65. The van der Waals surface area contributed by atoms with Gasteiger partial charge in [-0.05, 0) is 6.92 Å². The summed E-state index contributed by atoms with van der Waals surface area (Å²) in [5.74, 6) is 0.381. The minimum Gasteiger partial charge on any atom is -0.309 e. The van der Waals surface area contributed by atoms with Crippen LogP contribution in [-0.4, -0.2) is 36.2 Å². The van der Waals surface area contributed by atoms with E-state index in [1.165, 1.54) is 0 Å². The van der Waals surface area contributed by atoms with Gasteiger partial charge in [0, 0.05) is 30.1 Å². The van der Waals surface area contributed by atoms with E-state index in [0.717, 1.165) is 5.56 Å². The van der Waals surface area contributed by atoms with E-state index in [2.05, 4.69) is 15.5 Å². The molecule has 1 heterocycles. The molecule has 2 N–H and O–H groups in total. The molecule has 1 atom stereocenters. The number of hydrogen-bond acceptors (Lipinski definition) is 4. The van der Waals surface area contributed by atoms with Crippen LogP contribution in [0.2, 0.25) is 0 Å². The van der Waals surface area contributed by atoms with Crippen molar-refractivity contribution in [3.63, 3.8) is 0 Å². The summed E-state index contributed by atoms with van der Waals surface area (Å²) in [6.07, 6.45) is 3.50. The molecule has 1 rings (SSSR count). The van der Waals surface area contributed by atoms with E-state index in [1.54, 1.807) is 19.3 Å². The number of aromatic nitrogens is 2. The molecule has 0 aliphatic heterocycles. The number of hydrogen-bond donors (Lipinski definition) is 2. The van der Waals surface area contributed by atoms with Gasteiger partial charge in [-0.1, -0.05) is 6.92 Å². The first-order valence-electron chi connectivity index (χ1n) is 4.95. The Labute approximate surface area is 90.2 Å². The molecular formula is C9H17N3O2S. The van der Waals surface area contributed by atoms with E-state index in [9.17, 15) is 8.42 Å². The van der Waals surface area contributed by atoms with Gasteiger partial charge in [-0.2, -0.15) is 5.10 Å². The smallest absolute Gasteiger partial charge is 0.151 e. The van der Waals surface area contributed by atoms with E-state index >= 15 is 0 Å². The van der Waals surface area contributed by atoms with Crippen molar-refractivity contribution in [2.24, 2.45) is 0 Å². The van der Waals surface area contributed by atoms with Crippen molar-refractivity contribution in [3.05, 3.63) is 18.0 Å². The maximum atomic E-state index is 11.3. The quantitative estimate of drug-likeness (QED) is 0.739. The van der Waals surface area contributed by atoms with Crippen LogP contribution in [0.5, 0.6) is 0 Å². The highest BCUT2D eigenvalue weighted by Gasteiger charge is 2.12. The molecule has 0 bridgehead atoms. The summed E-state index contributed by atoms with van der Waals surface area (Å²) in [6, 6.07) is -0.0372. The van der Waals surface area contributed by atoms with Crippen LogP contribution in [0.25, 0.3) is 0 Å². The van der Waals surface area contributed by atoms with Gasteiger partial charge in [0.2, 0.25) is 0 Å². The van der Waals surface area contributed by atoms with Crippen molar-refractivity contribution >= 4 is 9.84 Å². The van der Waals surface area contributed by atoms with Gasteiger partial charge in [0.1, 0.15) is 0 Å². The van der Waals surface area contributed by atoms with E-state index in [4.69, 9.17) is 0 Å². The van der Waals surface area contributed by atoms with Gasteiger partial charge >= 0.3 is 0 Å². The van der Waals surface area contributed by atoms with Gasteiger partial charge in [-0.25, -0.2) is 8.42 Å². The normalized spacial score (nSPS) is 14.0. The SMILES string of the molecule is CCS(=O)(=O)CC(C)NCc1cn[nH]c1. The third-order valence-electron chi connectivity index (χ3n) is 2.15. The Hall–Kier alpha value is -0.880. The Balaban J connectivity index is 2.34. The minimum atomic E-state index is -2.90. The molecule has 0 saturated heterocycles. The second-order valence-corrected chi connectivity index (χ2v) is 5.99. The van der Waals surface area contributed by atoms with Crippen LogP contribution in [0.4, 0.5) is 0 Å². The second kappa shape index (κ2) is 5.27. The first-order valence-corrected chi connectivity index (χ1v) is 6.77. The molecule has 5 nitrogen and oxygen atoms in total. The predicted molar refractivity (Wildman–Crippen MR) is 59.2 cm³/mol. The molecule has 1 aromatic heterocycles. The summed E-state index contributed by atoms with van der Waals surface area (Å²) < 4.78 is 22.6. The standard InChI is InChI=1S/C9H17N3O2S/c1-3-15(13,14)7-8(2)10-4-9-5-11-12-6-9/h5-6,8,10H,3-4,7H2,1-2H3,(H,11,12). The highest BCUT2D eigenvalue weighted by molar-refractivity contribution is 7.91. The lowest BCUT2D eigenvalue weighted by Gasteiger charge is -2.12. The average molecular weight is 231 g/mol. The molecule has 6 heteroatoms. The molecule has 0 spiro atoms. The highest BCUT2D eigenvalue weighted by atomic mass is 32.2. The first-order chi connectivity index (χ1) is 7.03. The number of sulfone groups is 1. The van der Waals surface area contributed by atoms with Crippen LogP contribution in [-0.2, 0) is 16.4 Å². The second-order valence-electron chi connectivity index (χ2n) is 3.59. The largest absolute Gasteiger partial charge is 0.309 e. The number of nitrogens with zero attached hydrogens (tertiary/aromatic N) is 1. The van der Waals surface area contributed by atoms with Crippen LogP contribution in [0, 0.1) is 0 Å². The molecule has 0 radical (unpaired) electrons. The molecular weight excluding hydrogens is 214 g/mol. The fourth-order valence-corrected chi connectivity index (χ4v) is 2.34. The molecule has 0 amide bonds. The highest BCUT2D eigenvalue weighted by Crippen LogP contribution is 1.97. The van der Waals surface area contributed by atoms with Crippen LogP contribution >= 0.6 is 0 Å². The lowest BCUT2D eigenvalue weighted by atomic mass is 10.3. The third kappa shape index (κ3) is 4.44. The van der Waals surface area contributed by atoms with Gasteiger partial charge in [-0.15, -0.1) is 0 Å². The van der Waals surface area contributed by atoms with Crippen LogP contribution < -0.4 is 5.32 Å². The van der Waals surface area contributed by atoms with Crippen molar-refractivity contribution in [2.45, 2.75) is 26.4 Å². The summed E-state index contributed by atoms with van der Waals surface area (Å²) in [7, 11) is -2.90. The molecule has 0 fully saturated rings. The Morgan fingerprint density at radius 2 is 2.33 bits per heavy atom. The molecule has 15 heavy (non-hydrogen) atoms. The number of rotatable bonds is 6. The fourth-order valence-electron chi connectivity index (χ4n) is 1.22. The molecule has 0 aliphatic carbocycles. The van der Waals surface area contributed by atoms with Gasteiger partial charge in [0.05, 0.1) is 11.9 Å². The zero-order valence-electron chi connectivity index (χ0n) is 9.03. The van der Waals surface area contributed by atoms with Gasteiger partial charge in [-0.3, -0.25) is 5.10 Å². The van der Waals surface area contributed by atoms with Crippen LogP contribution in [0.1, 0.15) is 19.4 Å². The molecule has 1 unspecified atom stereocenters. The molecule has 1 aromatic rings. The van der Waals surface area contributed by atoms with Crippen molar-refractivity contribution in [3.8, 4) is 0 Å². The van der Waals surface area contributed by atoms with Crippen molar-refractivity contribution in [2.75, 3.05) is 11.5 Å². The van der Waals surface area contributed by atoms with Crippen LogP contribution in [0.15, 0.2) is 12.4 Å². The van der Waals surface area contributed by atoms with Gasteiger partial charge in [0.25, 0.3) is 0 Å². The van der Waals surface area contributed by atoms with Crippen molar-refractivity contribution in [1.29, 1.82) is 0 Å². The first kappa shape index (κ1) is 12.2. The number of aromatic amines is 1. The van der Waals surface area contributed by atoms with Crippen LogP contribution in [0.3, 0.4) is 0 Å². The molecule has 0 saturated carbocycles. The third-order valence-corrected chi connectivity index (χ3v) is 4.04. The fraction of sp³-hybridized carbons (Fsp3) is 0.667. The zero-order chi connectivity index (χ0) is 11.3. The topological polar surface area (TPSA) is 74.8 Å². The Kier molecular flexibility index (Phi) is 4.28. The summed E-state index contributed by atoms with van der Waals surface area (Å²) in [4.78, 5) is 0. The van der Waals surface area contributed by atoms with Gasteiger partial charge in [0.15, 0.2) is 9.84 Å². The van der Waals surface area contributed by atoms with E-state index in [0.29, 0.717) is 6.54 Å². The lowest BCUT2D eigenvalue weighted by molar-refractivity contribution is 0.557. The Morgan fingerprint density at radius 1 is 1.60 bits per heavy atom. The monoisotopic (exact) mass is 231 g/mol. The summed E-state index contributed by atoms with van der Waals surface area (Å²) >= 11 is 0. The molecule has 86 valence electrons.